The van der Waals surface area contributed by atoms with E-state index in [1.165, 1.54) is 11.9 Å². The van der Waals surface area contributed by atoms with Crippen molar-refractivity contribution in [1.29, 1.82) is 0 Å². The molecule has 0 spiro atoms. The van der Waals surface area contributed by atoms with E-state index >= 15 is 0 Å². The van der Waals surface area contributed by atoms with Crippen LogP contribution < -0.4 is 0 Å². The van der Waals surface area contributed by atoms with Gasteiger partial charge in [0.1, 0.15) is 6.54 Å². The average molecular weight is 491 g/mol. The third kappa shape index (κ3) is 4.29. The number of carbonyl (C=O) groups is 1. The molecule has 5 nitrogen and oxygen atoms in total. The highest BCUT2D eigenvalue weighted by Gasteiger charge is 2.44. The summed E-state index contributed by atoms with van der Waals surface area (Å²) in [4.78, 5) is 15.5. The van der Waals surface area contributed by atoms with Gasteiger partial charge in [0.05, 0.1) is 11.8 Å². The molecule has 4 heterocycles. The van der Waals surface area contributed by atoms with Gasteiger partial charge in [-0.3, -0.25) is 9.48 Å². The van der Waals surface area contributed by atoms with E-state index in [4.69, 9.17) is 5.10 Å². The molecule has 1 saturated carbocycles. The molecule has 1 fully saturated rings. The van der Waals surface area contributed by atoms with Gasteiger partial charge in [0.2, 0.25) is 0 Å². The van der Waals surface area contributed by atoms with E-state index in [1.807, 2.05) is 29.0 Å². The first kappa shape index (κ1) is 22.1. The predicted molar refractivity (Wildman–Crippen MR) is 123 cm³/mol. The van der Waals surface area contributed by atoms with Crippen LogP contribution in [0.15, 0.2) is 51.8 Å². The highest BCUT2D eigenvalue weighted by molar-refractivity contribution is 7.11. The quantitative estimate of drug-likeness (QED) is 0.440. The molecule has 0 saturated heterocycles. The summed E-state index contributed by atoms with van der Waals surface area (Å²) in [5.41, 5.74) is 1.32. The Labute approximate surface area is 196 Å². The average Bonchev–Trinajstić information content (AvgIpc) is 3.54. The Morgan fingerprint density at radius 3 is 2.70 bits per heavy atom. The van der Waals surface area contributed by atoms with Gasteiger partial charge >= 0.3 is 6.18 Å². The van der Waals surface area contributed by atoms with E-state index < -0.39 is 11.9 Å². The van der Waals surface area contributed by atoms with E-state index in [0.29, 0.717) is 0 Å². The van der Waals surface area contributed by atoms with Crippen molar-refractivity contribution in [3.8, 4) is 0 Å². The number of fused-ring (bicyclic) bond motifs is 1. The number of alkyl halides is 3. The van der Waals surface area contributed by atoms with Crippen LogP contribution in [-0.2, 0) is 17.5 Å². The van der Waals surface area contributed by atoms with Crippen molar-refractivity contribution in [2.45, 2.75) is 44.9 Å². The lowest BCUT2D eigenvalue weighted by molar-refractivity contribution is -0.142. The van der Waals surface area contributed by atoms with Crippen molar-refractivity contribution in [2.24, 2.45) is 11.0 Å². The summed E-state index contributed by atoms with van der Waals surface area (Å²) in [6.07, 6.45) is 0.384. The van der Waals surface area contributed by atoms with Crippen LogP contribution in [0.2, 0.25) is 0 Å². The van der Waals surface area contributed by atoms with Crippen molar-refractivity contribution in [1.82, 2.24) is 14.8 Å². The highest BCUT2D eigenvalue weighted by Crippen LogP contribution is 2.45. The molecule has 0 radical (unpaired) electrons. The van der Waals surface area contributed by atoms with Crippen molar-refractivity contribution < 1.29 is 18.0 Å². The molecule has 0 aromatic carbocycles. The van der Waals surface area contributed by atoms with Crippen LogP contribution in [0, 0.1) is 12.8 Å². The molecule has 2 aliphatic rings. The van der Waals surface area contributed by atoms with Crippen LogP contribution in [0.3, 0.4) is 0 Å². The van der Waals surface area contributed by atoms with Crippen LogP contribution in [0.25, 0.3) is 6.08 Å². The number of hydrazone groups is 1. The Kier molecular flexibility index (Phi) is 5.74. The highest BCUT2D eigenvalue weighted by atomic mass is 32.1. The van der Waals surface area contributed by atoms with Gasteiger partial charge in [-0.05, 0) is 66.8 Å². The molecule has 0 bridgehead atoms. The maximum atomic E-state index is 13.4. The summed E-state index contributed by atoms with van der Waals surface area (Å²) >= 11 is 3.22. The van der Waals surface area contributed by atoms with Gasteiger partial charge in [-0.1, -0.05) is 12.1 Å². The van der Waals surface area contributed by atoms with Crippen LogP contribution in [0.4, 0.5) is 13.2 Å². The Bertz CT molecular complexity index is 1210. The summed E-state index contributed by atoms with van der Waals surface area (Å²) in [6, 6.07) is 8.69. The van der Waals surface area contributed by atoms with E-state index in [0.717, 1.165) is 51.0 Å². The fourth-order valence-electron chi connectivity index (χ4n) is 4.50. The molecule has 172 valence electrons. The van der Waals surface area contributed by atoms with Crippen LogP contribution in [0.5, 0.6) is 0 Å². The number of rotatable bonds is 4. The molecule has 10 heteroatoms. The standard InChI is InChI=1S/C23H21F3N4OS2/c1-14-11-19(23(24,25)26)27-29(14)13-20(31)30-22(18-8-4-10-33-18)17-7-2-5-15(21(17)28-30)12-16-6-3-9-32-16/h3-4,6,8-12,17,22H,2,5,7,13H2,1H3/b15-12+/t17-,22+/m0/s1. The summed E-state index contributed by atoms with van der Waals surface area (Å²) < 4.78 is 40.3. The zero-order chi connectivity index (χ0) is 23.2. The number of hydrogen-bond donors (Lipinski definition) is 0. The lowest BCUT2D eigenvalue weighted by Gasteiger charge is -2.28. The Morgan fingerprint density at radius 2 is 2.03 bits per heavy atom. The fraction of sp³-hybridized carbons (Fsp3) is 0.348. The third-order valence-corrected chi connectivity index (χ3v) is 7.77. The summed E-state index contributed by atoms with van der Waals surface area (Å²) in [6.45, 7) is 1.22. The largest absolute Gasteiger partial charge is 0.435 e. The molecule has 0 unspecified atom stereocenters. The predicted octanol–water partition coefficient (Wildman–Crippen LogP) is 6.16. The first-order chi connectivity index (χ1) is 15.8. The number of hydrogen-bond acceptors (Lipinski definition) is 5. The van der Waals surface area contributed by atoms with Gasteiger partial charge in [-0.2, -0.15) is 23.4 Å². The van der Waals surface area contributed by atoms with Crippen LogP contribution >= 0.6 is 22.7 Å². The topological polar surface area (TPSA) is 50.5 Å². The minimum atomic E-state index is -4.55. The molecule has 1 aliphatic carbocycles. The molecule has 1 amide bonds. The van der Waals surface area contributed by atoms with Crippen molar-refractivity contribution >= 4 is 40.4 Å². The number of aryl methyl sites for hydroxylation is 1. The van der Waals surface area contributed by atoms with Gasteiger partial charge < -0.3 is 0 Å². The first-order valence-corrected chi connectivity index (χ1v) is 12.4. The molecule has 5 rings (SSSR count). The van der Waals surface area contributed by atoms with Gasteiger partial charge in [-0.25, -0.2) is 5.01 Å². The number of nitrogens with zero attached hydrogens (tertiary/aromatic N) is 4. The number of thiophene rings is 2. The summed E-state index contributed by atoms with van der Waals surface area (Å²) in [5, 5.41) is 13.9. The maximum Gasteiger partial charge on any atom is 0.435 e. The molecule has 3 aromatic rings. The monoisotopic (exact) mass is 490 g/mol. The molecular formula is C23H21F3N4OS2. The van der Waals surface area contributed by atoms with Crippen LogP contribution in [0.1, 0.15) is 46.4 Å². The van der Waals surface area contributed by atoms with Gasteiger partial charge in [0.15, 0.2) is 5.69 Å². The maximum absolute atomic E-state index is 13.4. The molecule has 33 heavy (non-hydrogen) atoms. The number of allylic oxidation sites excluding steroid dienone is 1. The van der Waals surface area contributed by atoms with Crippen molar-refractivity contribution in [3.05, 3.63) is 67.8 Å². The number of halogens is 3. The normalized spacial score (nSPS) is 22.0. The van der Waals surface area contributed by atoms with E-state index in [-0.39, 0.29) is 30.1 Å². The van der Waals surface area contributed by atoms with E-state index in [2.05, 4.69) is 17.2 Å². The first-order valence-electron chi connectivity index (χ1n) is 10.6. The summed E-state index contributed by atoms with van der Waals surface area (Å²) in [7, 11) is 0. The SMILES string of the molecule is Cc1cc(C(F)(F)F)nn1CC(=O)N1N=C2/C(=C/c3cccs3)CCC[C@@H]2[C@@H]1c1cccs1. The Balaban J connectivity index is 1.48. The lowest BCUT2D eigenvalue weighted by Crippen LogP contribution is -2.33. The Morgan fingerprint density at radius 1 is 1.24 bits per heavy atom. The molecule has 1 aliphatic heterocycles. The van der Waals surface area contributed by atoms with Gasteiger partial charge in [0, 0.05) is 21.4 Å². The molecular weight excluding hydrogens is 469 g/mol. The second-order valence-corrected chi connectivity index (χ2v) is 10.2. The lowest BCUT2D eigenvalue weighted by atomic mass is 9.79. The van der Waals surface area contributed by atoms with Crippen LogP contribution in [-0.4, -0.2) is 26.4 Å². The Hall–Kier alpha value is -2.72. The van der Waals surface area contributed by atoms with Gasteiger partial charge in [-0.15, -0.1) is 22.7 Å². The molecule has 0 N–H and O–H groups in total. The minimum Gasteiger partial charge on any atom is -0.271 e. The number of aromatic nitrogens is 2. The number of amides is 1. The molecule has 3 aromatic heterocycles. The second-order valence-electron chi connectivity index (χ2n) is 8.19. The minimum absolute atomic E-state index is 0.0667. The van der Waals surface area contributed by atoms with E-state index in [1.54, 1.807) is 22.7 Å². The second kappa shape index (κ2) is 8.57. The van der Waals surface area contributed by atoms with Crippen molar-refractivity contribution in [3.63, 3.8) is 0 Å². The van der Waals surface area contributed by atoms with Crippen molar-refractivity contribution in [2.75, 3.05) is 0 Å². The zero-order valence-electron chi connectivity index (χ0n) is 17.7. The third-order valence-electron chi connectivity index (χ3n) is 6.01. The van der Waals surface area contributed by atoms with Gasteiger partial charge in [0.25, 0.3) is 5.91 Å². The smallest absolute Gasteiger partial charge is 0.271 e. The summed E-state index contributed by atoms with van der Waals surface area (Å²) in [5.74, 6) is -0.303. The molecule has 2 atom stereocenters. The van der Waals surface area contributed by atoms with E-state index in [9.17, 15) is 18.0 Å². The fourth-order valence-corrected chi connectivity index (χ4v) is 6.06. The number of carbonyl (C=O) groups excluding carboxylic acids is 1. The zero-order valence-corrected chi connectivity index (χ0v) is 19.4.